The number of nitrogens with zero attached hydrogens (tertiary/aromatic N) is 1. The largest absolute Gasteiger partial charge is 0.463 e. The SMILES string of the molecule is CO/N=C(\C)c1coc(-c2cccs2)c1. The molecule has 0 aromatic carbocycles. The zero-order valence-electron chi connectivity index (χ0n) is 8.56. The van der Waals surface area contributed by atoms with Gasteiger partial charge in [0.2, 0.25) is 0 Å². The first-order valence-corrected chi connectivity index (χ1v) is 5.40. The van der Waals surface area contributed by atoms with Gasteiger partial charge < -0.3 is 9.25 Å². The van der Waals surface area contributed by atoms with Crippen molar-refractivity contribution in [2.75, 3.05) is 7.11 Å². The molecule has 78 valence electrons. The summed E-state index contributed by atoms with van der Waals surface area (Å²) in [6.45, 7) is 1.88. The highest BCUT2D eigenvalue weighted by molar-refractivity contribution is 7.13. The molecular weight excluding hydrogens is 210 g/mol. The Morgan fingerprint density at radius 1 is 1.53 bits per heavy atom. The topological polar surface area (TPSA) is 34.7 Å². The van der Waals surface area contributed by atoms with Gasteiger partial charge in [-0.05, 0) is 24.4 Å². The van der Waals surface area contributed by atoms with Crippen LogP contribution in [0.25, 0.3) is 10.6 Å². The number of hydrogen-bond donors (Lipinski definition) is 0. The van der Waals surface area contributed by atoms with Crippen molar-refractivity contribution in [3.8, 4) is 10.6 Å². The lowest BCUT2D eigenvalue weighted by Gasteiger charge is -1.92. The normalized spacial score (nSPS) is 11.7. The highest BCUT2D eigenvalue weighted by atomic mass is 32.1. The van der Waals surface area contributed by atoms with E-state index in [0.29, 0.717) is 0 Å². The van der Waals surface area contributed by atoms with Crippen molar-refractivity contribution in [2.24, 2.45) is 5.16 Å². The van der Waals surface area contributed by atoms with Crippen LogP contribution < -0.4 is 0 Å². The van der Waals surface area contributed by atoms with Gasteiger partial charge in [-0.2, -0.15) is 0 Å². The molecule has 0 spiro atoms. The van der Waals surface area contributed by atoms with Gasteiger partial charge in [0, 0.05) is 5.56 Å². The van der Waals surface area contributed by atoms with E-state index in [1.54, 1.807) is 17.6 Å². The van der Waals surface area contributed by atoms with E-state index in [4.69, 9.17) is 9.25 Å². The van der Waals surface area contributed by atoms with E-state index in [-0.39, 0.29) is 0 Å². The second-order valence-corrected chi connectivity index (χ2v) is 3.98. The van der Waals surface area contributed by atoms with Crippen molar-refractivity contribution in [1.29, 1.82) is 0 Å². The summed E-state index contributed by atoms with van der Waals surface area (Å²) in [5.74, 6) is 0.866. The quantitative estimate of drug-likeness (QED) is 0.588. The number of furan rings is 1. The third-order valence-electron chi connectivity index (χ3n) is 2.01. The molecule has 2 rings (SSSR count). The molecule has 2 aromatic rings. The summed E-state index contributed by atoms with van der Waals surface area (Å²) >= 11 is 1.65. The highest BCUT2D eigenvalue weighted by Gasteiger charge is 2.07. The summed E-state index contributed by atoms with van der Waals surface area (Å²) in [5.41, 5.74) is 1.75. The van der Waals surface area contributed by atoms with Gasteiger partial charge >= 0.3 is 0 Å². The monoisotopic (exact) mass is 221 g/mol. The van der Waals surface area contributed by atoms with Crippen LogP contribution in [0.3, 0.4) is 0 Å². The average molecular weight is 221 g/mol. The molecule has 0 aliphatic heterocycles. The Bertz CT molecular complexity index is 457. The molecule has 15 heavy (non-hydrogen) atoms. The number of rotatable bonds is 3. The molecule has 2 heterocycles. The van der Waals surface area contributed by atoms with Crippen LogP contribution in [0.4, 0.5) is 0 Å². The van der Waals surface area contributed by atoms with Crippen LogP contribution >= 0.6 is 11.3 Å². The maximum Gasteiger partial charge on any atom is 0.144 e. The average Bonchev–Trinajstić information content (AvgIpc) is 2.89. The zero-order valence-corrected chi connectivity index (χ0v) is 9.38. The van der Waals surface area contributed by atoms with Crippen LogP contribution in [0, 0.1) is 0 Å². The molecule has 0 aliphatic carbocycles. The van der Waals surface area contributed by atoms with E-state index in [9.17, 15) is 0 Å². The van der Waals surface area contributed by atoms with Crippen molar-refractivity contribution in [3.05, 3.63) is 35.4 Å². The molecule has 0 bridgehead atoms. The second kappa shape index (κ2) is 4.31. The third-order valence-corrected chi connectivity index (χ3v) is 2.89. The lowest BCUT2D eigenvalue weighted by Crippen LogP contribution is -1.91. The third kappa shape index (κ3) is 2.10. The fourth-order valence-electron chi connectivity index (χ4n) is 1.26. The van der Waals surface area contributed by atoms with E-state index < -0.39 is 0 Å². The Kier molecular flexibility index (Phi) is 2.87. The molecule has 0 radical (unpaired) electrons. The van der Waals surface area contributed by atoms with E-state index in [2.05, 4.69) is 5.16 Å². The number of hydrogen-bond acceptors (Lipinski definition) is 4. The highest BCUT2D eigenvalue weighted by Crippen LogP contribution is 2.26. The Morgan fingerprint density at radius 3 is 3.07 bits per heavy atom. The summed E-state index contributed by atoms with van der Waals surface area (Å²) in [5, 5.41) is 5.87. The van der Waals surface area contributed by atoms with Crippen molar-refractivity contribution in [1.82, 2.24) is 0 Å². The molecule has 0 N–H and O–H groups in total. The molecule has 3 nitrogen and oxygen atoms in total. The molecule has 0 atom stereocenters. The zero-order chi connectivity index (χ0) is 10.7. The maximum absolute atomic E-state index is 5.45. The van der Waals surface area contributed by atoms with Crippen LogP contribution in [0.2, 0.25) is 0 Å². The van der Waals surface area contributed by atoms with E-state index >= 15 is 0 Å². The van der Waals surface area contributed by atoms with Crippen LogP contribution in [0.5, 0.6) is 0 Å². The number of thiophene rings is 1. The van der Waals surface area contributed by atoms with E-state index in [1.807, 2.05) is 30.5 Å². The summed E-state index contributed by atoms with van der Waals surface area (Å²) in [7, 11) is 1.53. The van der Waals surface area contributed by atoms with Crippen molar-refractivity contribution < 1.29 is 9.25 Å². The molecule has 4 heteroatoms. The minimum atomic E-state index is 0.809. The molecule has 0 aliphatic rings. The van der Waals surface area contributed by atoms with Crippen LogP contribution in [0.15, 0.2) is 39.4 Å². The minimum Gasteiger partial charge on any atom is -0.463 e. The second-order valence-electron chi connectivity index (χ2n) is 3.04. The van der Waals surface area contributed by atoms with Gasteiger partial charge in [0.1, 0.15) is 19.1 Å². The lowest BCUT2D eigenvalue weighted by atomic mass is 10.2. The first kappa shape index (κ1) is 9.98. The lowest BCUT2D eigenvalue weighted by molar-refractivity contribution is 0.213. The molecule has 0 saturated carbocycles. The standard InChI is InChI=1S/C11H11NO2S/c1-8(12-13-2)9-6-10(14-7-9)11-4-3-5-15-11/h3-7H,1-2H3/b12-8+. The summed E-state index contributed by atoms with van der Waals surface area (Å²) in [6.07, 6.45) is 1.69. The summed E-state index contributed by atoms with van der Waals surface area (Å²) in [6, 6.07) is 5.98. The van der Waals surface area contributed by atoms with Gasteiger partial charge in [-0.3, -0.25) is 0 Å². The smallest absolute Gasteiger partial charge is 0.144 e. The van der Waals surface area contributed by atoms with Gasteiger partial charge in [0.25, 0.3) is 0 Å². The molecule has 0 saturated heterocycles. The fourth-order valence-corrected chi connectivity index (χ4v) is 1.95. The molecular formula is C11H11NO2S. The Hall–Kier alpha value is -1.55. The predicted molar refractivity (Wildman–Crippen MR) is 61.2 cm³/mol. The van der Waals surface area contributed by atoms with E-state index in [0.717, 1.165) is 21.9 Å². The molecule has 0 fully saturated rings. The Balaban J connectivity index is 2.29. The van der Waals surface area contributed by atoms with E-state index in [1.165, 1.54) is 7.11 Å². The maximum atomic E-state index is 5.45. The first-order valence-electron chi connectivity index (χ1n) is 4.52. The summed E-state index contributed by atoms with van der Waals surface area (Å²) in [4.78, 5) is 5.82. The van der Waals surface area contributed by atoms with Crippen molar-refractivity contribution in [3.63, 3.8) is 0 Å². The van der Waals surface area contributed by atoms with Gasteiger partial charge in [0.15, 0.2) is 0 Å². The van der Waals surface area contributed by atoms with Gasteiger partial charge in [-0.25, -0.2) is 0 Å². The van der Waals surface area contributed by atoms with Crippen molar-refractivity contribution in [2.45, 2.75) is 6.92 Å². The molecule has 0 unspecified atom stereocenters. The van der Waals surface area contributed by atoms with Crippen LogP contribution in [-0.4, -0.2) is 12.8 Å². The molecule has 0 amide bonds. The minimum absolute atomic E-state index is 0.809. The summed E-state index contributed by atoms with van der Waals surface area (Å²) < 4.78 is 5.45. The Morgan fingerprint density at radius 2 is 2.40 bits per heavy atom. The Labute approximate surface area is 92.0 Å². The van der Waals surface area contributed by atoms with Gasteiger partial charge in [-0.1, -0.05) is 11.2 Å². The van der Waals surface area contributed by atoms with Gasteiger partial charge in [-0.15, -0.1) is 11.3 Å². The van der Waals surface area contributed by atoms with Crippen molar-refractivity contribution >= 4 is 17.0 Å². The fraction of sp³-hybridized carbons (Fsp3) is 0.182. The predicted octanol–water partition coefficient (Wildman–Crippen LogP) is 3.38. The molecule has 2 aromatic heterocycles. The van der Waals surface area contributed by atoms with Gasteiger partial charge in [0.05, 0.1) is 10.6 Å². The number of oxime groups is 1. The first-order chi connectivity index (χ1) is 7.31. The van der Waals surface area contributed by atoms with Crippen LogP contribution in [-0.2, 0) is 4.84 Å². The van der Waals surface area contributed by atoms with Crippen LogP contribution in [0.1, 0.15) is 12.5 Å².